The molecule has 0 bridgehead atoms. The molecule has 0 fully saturated rings. The highest BCUT2D eigenvalue weighted by Gasteiger charge is 2.24. The van der Waals surface area contributed by atoms with E-state index in [-0.39, 0.29) is 0 Å². The van der Waals surface area contributed by atoms with Crippen LogP contribution in [0.1, 0.15) is 362 Å². The Hall–Kier alpha value is -2.62. The van der Waals surface area contributed by atoms with Crippen LogP contribution >= 0.6 is 0 Å². The van der Waals surface area contributed by atoms with Crippen molar-refractivity contribution in [3.05, 3.63) is 36.4 Å². The molecule has 0 atom stereocenters. The minimum atomic E-state index is 0.707. The third kappa shape index (κ3) is 34.6. The fraction of sp³-hybridized carbons (Fsp3) is 0.811. The van der Waals surface area contributed by atoms with Crippen molar-refractivity contribution >= 4 is 21.5 Å². The molecule has 78 heavy (non-hydrogen) atoms. The molecule has 0 aromatic heterocycles. The molecule has 4 heteroatoms. The van der Waals surface area contributed by atoms with E-state index in [0.717, 1.165) is 70.2 Å². The van der Waals surface area contributed by atoms with Gasteiger partial charge in [-0.1, -0.05) is 360 Å². The molecule has 3 rings (SSSR count). The molecule has 4 nitrogen and oxygen atoms in total. The SMILES string of the molecule is CCCCCCCCCCCCCCCOc1ccc(OCCCCCCCCCCCCCCC)c2c(OCCCCCCCCCCCCCCC)c3ccccc3c(OCCCCCCCCCCCCCCC)c12. The maximum Gasteiger partial charge on any atom is 0.139 e. The molecule has 0 radical (unpaired) electrons. The Morgan fingerprint density at radius 3 is 0.590 bits per heavy atom. The molecule has 0 amide bonds. The van der Waals surface area contributed by atoms with E-state index in [2.05, 4.69) is 64.1 Å². The molecule has 0 unspecified atom stereocenters. The van der Waals surface area contributed by atoms with Crippen molar-refractivity contribution < 1.29 is 18.9 Å². The third-order valence-electron chi connectivity index (χ3n) is 17.0. The van der Waals surface area contributed by atoms with Crippen molar-refractivity contribution in [2.75, 3.05) is 26.4 Å². The Kier molecular flexibility index (Phi) is 46.8. The average Bonchev–Trinajstić information content (AvgIpc) is 3.50. The summed E-state index contributed by atoms with van der Waals surface area (Å²) in [5.74, 6) is 3.71. The molecule has 3 aromatic carbocycles. The quantitative estimate of drug-likeness (QED) is 0.0417. The van der Waals surface area contributed by atoms with Gasteiger partial charge in [-0.15, -0.1) is 0 Å². The second kappa shape index (κ2) is 52.5. The van der Waals surface area contributed by atoms with Gasteiger partial charge in [0.25, 0.3) is 0 Å². The zero-order valence-corrected chi connectivity index (χ0v) is 52.7. The van der Waals surface area contributed by atoms with Gasteiger partial charge in [0.1, 0.15) is 23.0 Å². The van der Waals surface area contributed by atoms with Gasteiger partial charge in [-0.25, -0.2) is 0 Å². The normalized spacial score (nSPS) is 11.6. The Bertz CT molecular complexity index is 1620. The van der Waals surface area contributed by atoms with Crippen LogP contribution in [0.3, 0.4) is 0 Å². The lowest BCUT2D eigenvalue weighted by atomic mass is 9.98. The summed E-state index contributed by atoms with van der Waals surface area (Å²) >= 11 is 0. The van der Waals surface area contributed by atoms with Gasteiger partial charge < -0.3 is 18.9 Å². The van der Waals surface area contributed by atoms with Crippen LogP contribution in [0.4, 0.5) is 0 Å². The maximum absolute atomic E-state index is 7.07. The van der Waals surface area contributed by atoms with Crippen LogP contribution in [-0.2, 0) is 0 Å². The van der Waals surface area contributed by atoms with Gasteiger partial charge in [-0.3, -0.25) is 0 Å². The number of fused-ring (bicyclic) bond motifs is 2. The predicted molar refractivity (Wildman–Crippen MR) is 346 cm³/mol. The van der Waals surface area contributed by atoms with Crippen LogP contribution in [0.25, 0.3) is 21.5 Å². The van der Waals surface area contributed by atoms with E-state index in [1.54, 1.807) is 0 Å². The summed E-state index contributed by atoms with van der Waals surface area (Å²) in [5.41, 5.74) is 0. The van der Waals surface area contributed by atoms with E-state index < -0.39 is 0 Å². The summed E-state index contributed by atoms with van der Waals surface area (Å²) in [5, 5.41) is 4.33. The van der Waals surface area contributed by atoms with Crippen molar-refractivity contribution in [3.63, 3.8) is 0 Å². The van der Waals surface area contributed by atoms with Crippen molar-refractivity contribution in [3.8, 4) is 23.0 Å². The molecule has 3 aromatic rings. The molecule has 0 aliphatic carbocycles. The van der Waals surface area contributed by atoms with Gasteiger partial charge in [0, 0.05) is 10.8 Å². The molecular weight excluding hydrogens is 953 g/mol. The lowest BCUT2D eigenvalue weighted by Gasteiger charge is -2.22. The number of unbranched alkanes of at least 4 members (excludes halogenated alkanes) is 48. The van der Waals surface area contributed by atoms with Gasteiger partial charge in [0.2, 0.25) is 0 Å². The fourth-order valence-electron chi connectivity index (χ4n) is 11.9. The molecule has 0 saturated carbocycles. The van der Waals surface area contributed by atoms with E-state index in [1.165, 1.54) is 308 Å². The van der Waals surface area contributed by atoms with Crippen LogP contribution in [0.2, 0.25) is 0 Å². The zero-order chi connectivity index (χ0) is 55.3. The van der Waals surface area contributed by atoms with Gasteiger partial charge in [-0.2, -0.15) is 0 Å². The minimum absolute atomic E-state index is 0.707. The summed E-state index contributed by atoms with van der Waals surface area (Å²) in [6.07, 6.45) is 70.0. The van der Waals surface area contributed by atoms with Gasteiger partial charge in [0.15, 0.2) is 0 Å². The molecule has 0 saturated heterocycles. The van der Waals surface area contributed by atoms with Crippen molar-refractivity contribution in [1.82, 2.24) is 0 Å². The first-order valence-corrected chi connectivity index (χ1v) is 35.3. The Labute approximate surface area is 485 Å². The monoisotopic (exact) mass is 1080 g/mol. The molecule has 0 heterocycles. The van der Waals surface area contributed by atoms with Crippen molar-refractivity contribution in [1.29, 1.82) is 0 Å². The molecule has 0 spiro atoms. The lowest BCUT2D eigenvalue weighted by molar-refractivity contribution is 0.290. The lowest BCUT2D eigenvalue weighted by Crippen LogP contribution is -2.06. The molecule has 0 aliphatic rings. The summed E-state index contributed by atoms with van der Waals surface area (Å²) in [7, 11) is 0. The number of hydrogen-bond donors (Lipinski definition) is 0. The first-order chi connectivity index (χ1) is 38.8. The molecular formula is C74H130O4. The van der Waals surface area contributed by atoms with Crippen molar-refractivity contribution in [2.24, 2.45) is 0 Å². The first-order valence-electron chi connectivity index (χ1n) is 35.3. The van der Waals surface area contributed by atoms with Crippen LogP contribution in [0.5, 0.6) is 23.0 Å². The highest BCUT2D eigenvalue weighted by atomic mass is 16.5. The van der Waals surface area contributed by atoms with Crippen LogP contribution < -0.4 is 18.9 Å². The van der Waals surface area contributed by atoms with Gasteiger partial charge in [0.05, 0.1) is 37.2 Å². The predicted octanol–water partition coefficient (Wildman–Crippen LogP) is 25.9. The van der Waals surface area contributed by atoms with E-state index in [9.17, 15) is 0 Å². The Balaban J connectivity index is 1.72. The summed E-state index contributed by atoms with van der Waals surface area (Å²) < 4.78 is 28.0. The maximum atomic E-state index is 7.07. The standard InChI is InChI=1S/C74H130O4/c1-5-9-13-17-21-25-29-33-37-41-45-49-55-63-75-69-61-62-70(76-64-56-50-46-42-38-34-30-26-22-18-14-10-6-2)72-71(69)73(77-65-57-51-47-43-39-35-31-27-23-19-15-11-7-3)67-59-53-54-60-68(67)74(72)78-66-58-52-48-44-40-36-32-28-24-20-16-12-8-4/h53-54,59-62H,5-52,55-58,63-66H2,1-4H3. The highest BCUT2D eigenvalue weighted by Crippen LogP contribution is 2.50. The van der Waals surface area contributed by atoms with E-state index in [0.29, 0.717) is 26.4 Å². The fourth-order valence-corrected chi connectivity index (χ4v) is 11.9. The van der Waals surface area contributed by atoms with Gasteiger partial charge >= 0.3 is 0 Å². The van der Waals surface area contributed by atoms with Gasteiger partial charge in [-0.05, 0) is 37.8 Å². The third-order valence-corrected chi connectivity index (χ3v) is 17.0. The highest BCUT2D eigenvalue weighted by molar-refractivity contribution is 6.15. The number of ether oxygens (including phenoxy) is 4. The minimum Gasteiger partial charge on any atom is -0.493 e. The largest absolute Gasteiger partial charge is 0.493 e. The second-order valence-electron chi connectivity index (χ2n) is 24.4. The number of hydrogen-bond acceptors (Lipinski definition) is 4. The molecule has 0 N–H and O–H groups in total. The van der Waals surface area contributed by atoms with E-state index in [4.69, 9.17) is 18.9 Å². The second-order valence-corrected chi connectivity index (χ2v) is 24.4. The zero-order valence-electron chi connectivity index (χ0n) is 52.7. The number of benzene rings is 3. The van der Waals surface area contributed by atoms with E-state index >= 15 is 0 Å². The topological polar surface area (TPSA) is 36.9 Å². The molecule has 450 valence electrons. The van der Waals surface area contributed by atoms with Crippen molar-refractivity contribution in [2.45, 2.75) is 362 Å². The smallest absolute Gasteiger partial charge is 0.139 e. The Morgan fingerprint density at radius 2 is 0.385 bits per heavy atom. The van der Waals surface area contributed by atoms with Crippen LogP contribution in [-0.4, -0.2) is 26.4 Å². The summed E-state index contributed by atoms with van der Waals surface area (Å²) in [6.45, 7) is 12.1. The van der Waals surface area contributed by atoms with E-state index in [1.807, 2.05) is 0 Å². The van der Waals surface area contributed by atoms with Crippen LogP contribution in [0, 0.1) is 0 Å². The molecule has 0 aliphatic heterocycles. The first kappa shape index (κ1) is 69.6. The summed E-state index contributed by atoms with van der Waals surface area (Å²) in [4.78, 5) is 0. The summed E-state index contributed by atoms with van der Waals surface area (Å²) in [6, 6.07) is 13.2. The average molecular weight is 1080 g/mol. The Morgan fingerprint density at radius 1 is 0.205 bits per heavy atom. The number of rotatable bonds is 60. The van der Waals surface area contributed by atoms with Crippen LogP contribution in [0.15, 0.2) is 36.4 Å².